The average Bonchev–Trinajstić information content (AvgIpc) is 3.10. The maximum atomic E-state index is 11.7. The molecule has 1 aliphatic rings. The van der Waals surface area contributed by atoms with E-state index in [9.17, 15) is 14.4 Å². The van der Waals surface area contributed by atoms with E-state index in [1.54, 1.807) is 7.11 Å². The van der Waals surface area contributed by atoms with E-state index in [2.05, 4.69) is 15.4 Å². The first-order valence-electron chi connectivity index (χ1n) is 7.81. The van der Waals surface area contributed by atoms with Crippen molar-refractivity contribution in [1.29, 1.82) is 0 Å². The number of rotatable bonds is 7. The number of para-hydroxylation sites is 1. The fraction of sp³-hybridized carbons (Fsp3) is 0.312. The molecule has 0 aliphatic carbocycles. The second-order valence-corrected chi connectivity index (χ2v) is 5.69. The van der Waals surface area contributed by atoms with E-state index in [1.807, 2.05) is 24.3 Å². The Morgan fingerprint density at radius 2 is 2.12 bits per heavy atom. The summed E-state index contributed by atoms with van der Waals surface area (Å²) in [5.41, 5.74) is 0.850. The first-order valence-corrected chi connectivity index (χ1v) is 7.81. The smallest absolute Gasteiger partial charge is 0.325 e. The van der Waals surface area contributed by atoms with Crippen LogP contribution in [0.25, 0.3) is 0 Å². The van der Waals surface area contributed by atoms with Crippen molar-refractivity contribution in [1.82, 2.24) is 25.0 Å². The number of carbonyl (C=O) groups is 3. The highest BCUT2D eigenvalue weighted by atomic mass is 16.5. The molecule has 3 amide bonds. The van der Waals surface area contributed by atoms with Gasteiger partial charge in [-0.3, -0.25) is 14.9 Å². The van der Waals surface area contributed by atoms with Crippen molar-refractivity contribution in [3.05, 3.63) is 41.5 Å². The number of ether oxygens (including phenoxy) is 1. The summed E-state index contributed by atoms with van der Waals surface area (Å²) in [5, 5.41) is 15.5. The molecule has 2 aromatic rings. The number of benzene rings is 1. The Morgan fingerprint density at radius 1 is 1.35 bits per heavy atom. The standard InChI is InChI=1S/C16H17N5O5/c1-26-11-5-3-2-4-10(11)6-12-17-13(21(19-12)9-15(23)24)7-20-8-14(22)18-16(20)25/h2-5H,6-9H2,1H3,(H,23,24)(H,18,22,25). The highest BCUT2D eigenvalue weighted by Gasteiger charge is 2.28. The van der Waals surface area contributed by atoms with Gasteiger partial charge in [-0.25, -0.2) is 14.5 Å². The lowest BCUT2D eigenvalue weighted by molar-refractivity contribution is -0.138. The quantitative estimate of drug-likeness (QED) is 0.667. The van der Waals surface area contributed by atoms with Gasteiger partial charge in [-0.1, -0.05) is 18.2 Å². The molecule has 1 saturated heterocycles. The molecule has 2 N–H and O–H groups in total. The minimum absolute atomic E-state index is 0.0101. The van der Waals surface area contributed by atoms with Crippen molar-refractivity contribution in [2.45, 2.75) is 19.5 Å². The fourth-order valence-electron chi connectivity index (χ4n) is 2.67. The Hall–Kier alpha value is -3.43. The molecular formula is C16H17N5O5. The number of hydrogen-bond donors (Lipinski definition) is 2. The normalized spacial score (nSPS) is 13.8. The molecular weight excluding hydrogens is 342 g/mol. The second kappa shape index (κ2) is 7.21. The monoisotopic (exact) mass is 359 g/mol. The van der Waals surface area contributed by atoms with Gasteiger partial charge in [0, 0.05) is 12.0 Å². The molecule has 1 aromatic carbocycles. The van der Waals surface area contributed by atoms with E-state index in [-0.39, 0.29) is 13.1 Å². The van der Waals surface area contributed by atoms with Crippen molar-refractivity contribution in [3.8, 4) is 5.75 Å². The van der Waals surface area contributed by atoms with Gasteiger partial charge in [0.25, 0.3) is 0 Å². The summed E-state index contributed by atoms with van der Waals surface area (Å²) in [6.07, 6.45) is 0.342. The summed E-state index contributed by atoms with van der Waals surface area (Å²) in [7, 11) is 1.56. The maximum Gasteiger partial charge on any atom is 0.325 e. The Labute approximate surface area is 148 Å². The number of carbonyl (C=O) groups excluding carboxylic acids is 2. The van der Waals surface area contributed by atoms with Gasteiger partial charge in [-0.15, -0.1) is 0 Å². The van der Waals surface area contributed by atoms with Crippen molar-refractivity contribution in [2.75, 3.05) is 13.7 Å². The summed E-state index contributed by atoms with van der Waals surface area (Å²) >= 11 is 0. The molecule has 0 spiro atoms. The molecule has 0 radical (unpaired) electrons. The van der Waals surface area contributed by atoms with Crippen LogP contribution in [-0.4, -0.2) is 56.3 Å². The molecule has 10 heteroatoms. The Morgan fingerprint density at radius 3 is 2.77 bits per heavy atom. The summed E-state index contributed by atoms with van der Waals surface area (Å²) in [6.45, 7) is -0.498. The number of imide groups is 1. The van der Waals surface area contributed by atoms with E-state index in [1.165, 1.54) is 9.58 Å². The number of amides is 3. The summed E-state index contributed by atoms with van der Waals surface area (Å²) < 4.78 is 6.52. The van der Waals surface area contributed by atoms with E-state index >= 15 is 0 Å². The van der Waals surface area contributed by atoms with E-state index in [0.29, 0.717) is 23.8 Å². The number of nitrogens with one attached hydrogen (secondary N) is 1. The first kappa shape index (κ1) is 17.4. The number of urea groups is 1. The number of methoxy groups -OCH3 is 1. The van der Waals surface area contributed by atoms with Gasteiger partial charge in [-0.05, 0) is 6.07 Å². The Balaban J connectivity index is 1.85. The topological polar surface area (TPSA) is 127 Å². The predicted molar refractivity (Wildman–Crippen MR) is 87.4 cm³/mol. The van der Waals surface area contributed by atoms with E-state index < -0.39 is 24.5 Å². The van der Waals surface area contributed by atoms with Gasteiger partial charge in [0.15, 0.2) is 5.82 Å². The molecule has 1 fully saturated rings. The minimum atomic E-state index is -1.08. The van der Waals surface area contributed by atoms with Crippen molar-refractivity contribution >= 4 is 17.9 Å². The van der Waals surface area contributed by atoms with Crippen LogP contribution in [0.5, 0.6) is 5.75 Å². The molecule has 0 unspecified atom stereocenters. The zero-order valence-corrected chi connectivity index (χ0v) is 14.0. The molecule has 2 heterocycles. The lowest BCUT2D eigenvalue weighted by atomic mass is 10.1. The lowest BCUT2D eigenvalue weighted by Crippen LogP contribution is -2.29. The van der Waals surface area contributed by atoms with Crippen LogP contribution in [0.3, 0.4) is 0 Å². The van der Waals surface area contributed by atoms with Crippen LogP contribution < -0.4 is 10.1 Å². The number of aromatic nitrogens is 3. The highest BCUT2D eigenvalue weighted by Crippen LogP contribution is 2.20. The molecule has 0 atom stereocenters. The van der Waals surface area contributed by atoms with Crippen LogP contribution in [0.4, 0.5) is 4.79 Å². The molecule has 136 valence electrons. The number of hydrogen-bond acceptors (Lipinski definition) is 6. The van der Waals surface area contributed by atoms with Gasteiger partial charge < -0.3 is 14.7 Å². The minimum Gasteiger partial charge on any atom is -0.496 e. The lowest BCUT2D eigenvalue weighted by Gasteiger charge is -2.12. The van der Waals surface area contributed by atoms with Crippen LogP contribution >= 0.6 is 0 Å². The van der Waals surface area contributed by atoms with Gasteiger partial charge in [-0.2, -0.15) is 5.10 Å². The van der Waals surface area contributed by atoms with E-state index in [0.717, 1.165) is 5.56 Å². The van der Waals surface area contributed by atoms with Gasteiger partial charge in [0.2, 0.25) is 5.91 Å². The Kier molecular flexibility index (Phi) is 4.83. The second-order valence-electron chi connectivity index (χ2n) is 5.69. The van der Waals surface area contributed by atoms with Crippen LogP contribution in [0, 0.1) is 0 Å². The summed E-state index contributed by atoms with van der Waals surface area (Å²) in [6, 6.07) is 6.83. The Bertz CT molecular complexity index is 862. The molecule has 3 rings (SSSR count). The van der Waals surface area contributed by atoms with Crippen molar-refractivity contribution in [2.24, 2.45) is 0 Å². The molecule has 26 heavy (non-hydrogen) atoms. The third-order valence-electron chi connectivity index (χ3n) is 3.82. The van der Waals surface area contributed by atoms with Crippen LogP contribution in [0.2, 0.25) is 0 Å². The number of aliphatic carboxylic acids is 1. The van der Waals surface area contributed by atoms with Gasteiger partial charge >= 0.3 is 12.0 Å². The third kappa shape index (κ3) is 3.79. The van der Waals surface area contributed by atoms with Gasteiger partial charge in [0.1, 0.15) is 24.7 Å². The summed E-state index contributed by atoms with van der Waals surface area (Å²) in [4.78, 5) is 39.7. The van der Waals surface area contributed by atoms with Gasteiger partial charge in [0.05, 0.1) is 13.7 Å². The number of carboxylic acid groups (broad SMARTS) is 1. The largest absolute Gasteiger partial charge is 0.496 e. The zero-order valence-electron chi connectivity index (χ0n) is 14.0. The molecule has 0 bridgehead atoms. The first-order chi connectivity index (χ1) is 12.5. The van der Waals surface area contributed by atoms with Crippen molar-refractivity contribution in [3.63, 3.8) is 0 Å². The fourth-order valence-corrected chi connectivity index (χ4v) is 2.67. The highest BCUT2D eigenvalue weighted by molar-refractivity contribution is 6.01. The van der Waals surface area contributed by atoms with E-state index in [4.69, 9.17) is 9.84 Å². The zero-order chi connectivity index (χ0) is 18.7. The SMILES string of the molecule is COc1ccccc1Cc1nc(CN2CC(=O)NC2=O)n(CC(=O)O)n1. The molecule has 10 nitrogen and oxygen atoms in total. The van der Waals surface area contributed by atoms with Crippen LogP contribution in [0.1, 0.15) is 17.2 Å². The maximum absolute atomic E-state index is 11.7. The molecule has 1 aromatic heterocycles. The third-order valence-corrected chi connectivity index (χ3v) is 3.82. The number of nitrogens with zero attached hydrogens (tertiary/aromatic N) is 4. The summed E-state index contributed by atoms with van der Waals surface area (Å²) in [5.74, 6) is -0.123. The average molecular weight is 359 g/mol. The van der Waals surface area contributed by atoms with Crippen LogP contribution in [0.15, 0.2) is 24.3 Å². The number of carboxylic acids is 1. The van der Waals surface area contributed by atoms with Crippen molar-refractivity contribution < 1.29 is 24.2 Å². The van der Waals surface area contributed by atoms with Crippen LogP contribution in [-0.2, 0) is 29.1 Å². The predicted octanol–water partition coefficient (Wildman–Crippen LogP) is 0.0139. The molecule has 0 saturated carbocycles. The molecule has 1 aliphatic heterocycles.